The number of hydrogen-bond acceptors (Lipinski definition) is 0. The first-order valence-corrected chi connectivity index (χ1v) is 14.6. The number of rotatable bonds is 13. The molecule has 1 aliphatic rings. The predicted molar refractivity (Wildman–Crippen MR) is 155 cm³/mol. The van der Waals surface area contributed by atoms with Crippen molar-refractivity contribution in [3.05, 3.63) is 76.9 Å². The molecule has 0 nitrogen and oxygen atoms in total. The molecule has 0 radical (unpaired) electrons. The van der Waals surface area contributed by atoms with Crippen molar-refractivity contribution in [3.63, 3.8) is 0 Å². The zero-order valence-electron chi connectivity index (χ0n) is 22.5. The van der Waals surface area contributed by atoms with Gasteiger partial charge in [0.05, 0.1) is 0 Å². The van der Waals surface area contributed by atoms with Crippen molar-refractivity contribution in [2.75, 3.05) is 0 Å². The maximum atomic E-state index is 3.34. The number of benzene rings is 2. The van der Waals surface area contributed by atoms with Gasteiger partial charge in [-0.1, -0.05) is 133 Å². The third-order valence-electron chi connectivity index (χ3n) is 7.77. The first-order valence-electron chi connectivity index (χ1n) is 14.6. The molecular weight excluding hydrogens is 420 g/mol. The second-order valence-corrected chi connectivity index (χ2v) is 10.7. The summed E-state index contributed by atoms with van der Waals surface area (Å²) in [5, 5.41) is 0. The van der Waals surface area contributed by atoms with Crippen molar-refractivity contribution in [2.24, 2.45) is 11.8 Å². The van der Waals surface area contributed by atoms with Gasteiger partial charge in [-0.2, -0.15) is 0 Å². The van der Waals surface area contributed by atoms with E-state index in [0.717, 1.165) is 23.0 Å². The van der Waals surface area contributed by atoms with Crippen molar-refractivity contribution in [1.82, 2.24) is 0 Å². The van der Waals surface area contributed by atoms with Crippen LogP contribution in [0.3, 0.4) is 0 Å². The molecule has 0 atom stereocenters. The molecular formula is C35H48. The van der Waals surface area contributed by atoms with Crippen molar-refractivity contribution >= 4 is 6.08 Å². The highest BCUT2D eigenvalue weighted by atomic mass is 14.3. The van der Waals surface area contributed by atoms with Gasteiger partial charge in [0.2, 0.25) is 0 Å². The molecule has 0 unspecified atom stereocenters. The smallest absolute Gasteiger partial charge is 0.0249 e. The van der Waals surface area contributed by atoms with Crippen LogP contribution in [0.2, 0.25) is 0 Å². The van der Waals surface area contributed by atoms with Gasteiger partial charge in [0.1, 0.15) is 0 Å². The number of aryl methyl sites for hydroxylation is 1. The number of unbranched alkanes of at least 4 members (excludes halogenated alkanes) is 6. The van der Waals surface area contributed by atoms with Gasteiger partial charge >= 0.3 is 0 Å². The van der Waals surface area contributed by atoms with Crippen LogP contribution in [0.5, 0.6) is 0 Å². The molecule has 0 saturated heterocycles. The SMILES string of the molecule is CCCCC/C=C/c1ccc(C#Cc2ccc(CCC3CCC(CCCCCC)CC3)cc2)cc1. The van der Waals surface area contributed by atoms with E-state index in [0.29, 0.717) is 0 Å². The molecule has 1 aliphatic carbocycles. The lowest BCUT2D eigenvalue weighted by Gasteiger charge is -2.28. The Kier molecular flexibility index (Phi) is 12.8. The van der Waals surface area contributed by atoms with E-state index in [4.69, 9.17) is 0 Å². The summed E-state index contributed by atoms with van der Waals surface area (Å²) in [6, 6.07) is 17.6. The van der Waals surface area contributed by atoms with E-state index in [-0.39, 0.29) is 0 Å². The van der Waals surface area contributed by atoms with Crippen LogP contribution >= 0.6 is 0 Å². The van der Waals surface area contributed by atoms with E-state index in [1.54, 1.807) is 0 Å². The number of hydrogen-bond donors (Lipinski definition) is 0. The van der Waals surface area contributed by atoms with Gasteiger partial charge in [-0.05, 0) is 72.9 Å². The van der Waals surface area contributed by atoms with Crippen LogP contribution in [0.4, 0.5) is 0 Å². The van der Waals surface area contributed by atoms with Crippen LogP contribution in [-0.4, -0.2) is 0 Å². The van der Waals surface area contributed by atoms with E-state index in [1.165, 1.54) is 107 Å². The lowest BCUT2D eigenvalue weighted by molar-refractivity contribution is 0.249. The summed E-state index contributed by atoms with van der Waals surface area (Å²) in [5.41, 5.74) is 4.92. The molecule has 1 saturated carbocycles. The van der Waals surface area contributed by atoms with Crippen molar-refractivity contribution in [1.29, 1.82) is 0 Å². The lowest BCUT2D eigenvalue weighted by atomic mass is 9.77. The maximum absolute atomic E-state index is 3.34. The zero-order chi connectivity index (χ0) is 24.6. The largest absolute Gasteiger partial charge is 0.0839 e. The van der Waals surface area contributed by atoms with Gasteiger partial charge in [0.15, 0.2) is 0 Å². The zero-order valence-corrected chi connectivity index (χ0v) is 22.5. The first kappa shape index (κ1) is 27.3. The molecule has 2 aromatic carbocycles. The second-order valence-electron chi connectivity index (χ2n) is 10.7. The van der Waals surface area contributed by atoms with E-state index < -0.39 is 0 Å². The third kappa shape index (κ3) is 10.9. The van der Waals surface area contributed by atoms with Gasteiger partial charge < -0.3 is 0 Å². The van der Waals surface area contributed by atoms with E-state index in [9.17, 15) is 0 Å². The fourth-order valence-electron chi connectivity index (χ4n) is 5.35. The Labute approximate surface area is 216 Å². The average molecular weight is 469 g/mol. The fourth-order valence-corrected chi connectivity index (χ4v) is 5.35. The molecule has 1 fully saturated rings. The first-order chi connectivity index (χ1) is 17.3. The Balaban J connectivity index is 1.37. The van der Waals surface area contributed by atoms with E-state index in [1.807, 2.05) is 0 Å². The monoisotopic (exact) mass is 468 g/mol. The highest BCUT2D eigenvalue weighted by molar-refractivity contribution is 5.52. The summed E-state index contributed by atoms with van der Waals surface area (Å²) in [5.74, 6) is 8.63. The number of allylic oxidation sites excluding steroid dienone is 1. The minimum absolute atomic E-state index is 0.940. The van der Waals surface area contributed by atoms with Crippen LogP contribution < -0.4 is 0 Å². The van der Waals surface area contributed by atoms with Crippen LogP contribution in [0.1, 0.15) is 126 Å². The van der Waals surface area contributed by atoms with Gasteiger partial charge in [-0.15, -0.1) is 0 Å². The van der Waals surface area contributed by atoms with E-state index >= 15 is 0 Å². The molecule has 3 rings (SSSR count). The summed E-state index contributed by atoms with van der Waals surface area (Å²) < 4.78 is 0. The summed E-state index contributed by atoms with van der Waals surface area (Å²) >= 11 is 0. The molecule has 2 aromatic rings. The van der Waals surface area contributed by atoms with Crippen LogP contribution in [-0.2, 0) is 6.42 Å². The predicted octanol–water partition coefficient (Wildman–Crippen LogP) is 10.4. The highest BCUT2D eigenvalue weighted by Crippen LogP contribution is 2.34. The standard InChI is InChI=1S/C35H48/c1-3-5-7-9-11-13-31-16-20-33(21-17-31)23-25-35-28-26-34(27-29-35)24-22-32-18-14-30(15-19-32)12-10-8-6-4-2/h11,13,16-17,20-21,26-30,32H,3-10,12,14-15,18-19,22,24H2,1-2H3/b13-11+. The quantitative estimate of drug-likeness (QED) is 0.202. The molecule has 0 aliphatic heterocycles. The maximum Gasteiger partial charge on any atom is 0.0249 e. The topological polar surface area (TPSA) is 0 Å². The molecule has 0 aromatic heterocycles. The average Bonchev–Trinajstić information content (AvgIpc) is 2.90. The lowest BCUT2D eigenvalue weighted by Crippen LogP contribution is -2.15. The molecule has 188 valence electrons. The van der Waals surface area contributed by atoms with Gasteiger partial charge in [-0.3, -0.25) is 0 Å². The van der Waals surface area contributed by atoms with Crippen LogP contribution in [0, 0.1) is 23.7 Å². The summed E-state index contributed by atoms with van der Waals surface area (Å²) in [7, 11) is 0. The van der Waals surface area contributed by atoms with Crippen molar-refractivity contribution < 1.29 is 0 Å². The Hall–Kier alpha value is -2.26. The molecule has 0 heterocycles. The highest BCUT2D eigenvalue weighted by Gasteiger charge is 2.20. The van der Waals surface area contributed by atoms with Gasteiger partial charge in [0.25, 0.3) is 0 Å². The molecule has 0 N–H and O–H groups in total. The molecule has 35 heavy (non-hydrogen) atoms. The van der Waals surface area contributed by atoms with Crippen LogP contribution in [0.25, 0.3) is 6.08 Å². The van der Waals surface area contributed by atoms with Crippen molar-refractivity contribution in [2.45, 2.75) is 110 Å². The fraction of sp³-hybridized carbons (Fsp3) is 0.543. The summed E-state index contributed by atoms with van der Waals surface area (Å²) in [6.07, 6.45) is 25.2. The Morgan fingerprint density at radius 2 is 1.23 bits per heavy atom. The summed E-state index contributed by atoms with van der Waals surface area (Å²) in [4.78, 5) is 0. The Morgan fingerprint density at radius 1 is 0.657 bits per heavy atom. The molecule has 0 bridgehead atoms. The van der Waals surface area contributed by atoms with Gasteiger partial charge in [0, 0.05) is 11.1 Å². The van der Waals surface area contributed by atoms with Crippen molar-refractivity contribution in [3.8, 4) is 11.8 Å². The molecule has 0 heteroatoms. The second kappa shape index (κ2) is 16.4. The molecule has 0 spiro atoms. The minimum Gasteiger partial charge on any atom is -0.0839 e. The normalized spacial score (nSPS) is 17.9. The van der Waals surface area contributed by atoms with Gasteiger partial charge in [-0.25, -0.2) is 0 Å². The molecule has 0 amide bonds. The summed E-state index contributed by atoms with van der Waals surface area (Å²) in [6.45, 7) is 4.56. The van der Waals surface area contributed by atoms with E-state index in [2.05, 4.69) is 86.4 Å². The third-order valence-corrected chi connectivity index (χ3v) is 7.77. The Bertz CT molecular complexity index is 895. The minimum atomic E-state index is 0.940. The van der Waals surface area contributed by atoms with Crippen LogP contribution in [0.15, 0.2) is 54.6 Å². The Morgan fingerprint density at radius 3 is 1.86 bits per heavy atom.